The molecule has 3 heteroatoms. The first-order chi connectivity index (χ1) is 9.58. The van der Waals surface area contributed by atoms with Crippen molar-refractivity contribution in [1.82, 2.24) is 5.32 Å². The van der Waals surface area contributed by atoms with Crippen molar-refractivity contribution in [3.05, 3.63) is 23.2 Å². The molecule has 2 rings (SSSR count). The van der Waals surface area contributed by atoms with Crippen LogP contribution in [0.5, 0.6) is 0 Å². The Morgan fingerprint density at radius 3 is 2.60 bits per heavy atom. The zero-order valence-electron chi connectivity index (χ0n) is 13.4. The number of hydrogen-bond acceptors (Lipinski definition) is 3. The van der Waals surface area contributed by atoms with Crippen LogP contribution in [-0.4, -0.2) is 12.6 Å². The third kappa shape index (κ3) is 4.35. The monoisotopic (exact) mass is 279 g/mol. The Morgan fingerprint density at radius 1 is 1.25 bits per heavy atom. The van der Waals surface area contributed by atoms with Crippen molar-refractivity contribution >= 4 is 0 Å². The lowest BCUT2D eigenvalue weighted by Gasteiger charge is -2.31. The summed E-state index contributed by atoms with van der Waals surface area (Å²) in [6.07, 6.45) is 4.12. The van der Waals surface area contributed by atoms with Gasteiger partial charge in [0.1, 0.15) is 18.1 Å². The van der Waals surface area contributed by atoms with Gasteiger partial charge in [0.25, 0.3) is 0 Å². The van der Waals surface area contributed by atoms with Gasteiger partial charge in [0.2, 0.25) is 0 Å². The smallest absolute Gasteiger partial charge is 0.130 e. The van der Waals surface area contributed by atoms with Gasteiger partial charge in [0.05, 0.1) is 6.10 Å². The SMILES string of the molecule is CCNCc1cc(COC2CC(C)CC(C)C2)oc1C. The second-order valence-electron chi connectivity index (χ2n) is 6.42. The van der Waals surface area contributed by atoms with E-state index in [4.69, 9.17) is 9.15 Å². The third-order valence-corrected chi connectivity index (χ3v) is 4.23. The molecule has 0 aliphatic heterocycles. The molecule has 20 heavy (non-hydrogen) atoms. The van der Waals surface area contributed by atoms with Crippen LogP contribution in [0.25, 0.3) is 0 Å². The van der Waals surface area contributed by atoms with Crippen molar-refractivity contribution in [2.45, 2.75) is 66.2 Å². The summed E-state index contributed by atoms with van der Waals surface area (Å²) >= 11 is 0. The molecule has 1 N–H and O–H groups in total. The van der Waals surface area contributed by atoms with Crippen LogP contribution in [0.15, 0.2) is 10.5 Å². The Labute approximate surface area is 123 Å². The number of ether oxygens (including phenoxy) is 1. The zero-order chi connectivity index (χ0) is 14.5. The number of hydrogen-bond donors (Lipinski definition) is 1. The molecule has 0 bridgehead atoms. The topological polar surface area (TPSA) is 34.4 Å². The molecule has 2 atom stereocenters. The van der Waals surface area contributed by atoms with Gasteiger partial charge in [0.15, 0.2) is 0 Å². The highest BCUT2D eigenvalue weighted by Gasteiger charge is 2.24. The average molecular weight is 279 g/mol. The molecule has 1 aliphatic carbocycles. The van der Waals surface area contributed by atoms with Crippen LogP contribution in [0.1, 0.15) is 57.1 Å². The van der Waals surface area contributed by atoms with Crippen LogP contribution in [0.2, 0.25) is 0 Å². The maximum Gasteiger partial charge on any atom is 0.130 e. The van der Waals surface area contributed by atoms with Crippen molar-refractivity contribution in [2.24, 2.45) is 11.8 Å². The molecule has 1 saturated carbocycles. The van der Waals surface area contributed by atoms with Gasteiger partial charge in [-0.25, -0.2) is 0 Å². The molecule has 2 unspecified atom stereocenters. The van der Waals surface area contributed by atoms with Crippen molar-refractivity contribution in [3.8, 4) is 0 Å². The normalized spacial score (nSPS) is 26.9. The first-order valence-electron chi connectivity index (χ1n) is 7.99. The molecule has 1 heterocycles. The highest BCUT2D eigenvalue weighted by atomic mass is 16.5. The summed E-state index contributed by atoms with van der Waals surface area (Å²) in [4.78, 5) is 0. The fourth-order valence-electron chi connectivity index (χ4n) is 3.30. The first-order valence-corrected chi connectivity index (χ1v) is 7.99. The summed E-state index contributed by atoms with van der Waals surface area (Å²) in [5, 5.41) is 3.33. The van der Waals surface area contributed by atoms with E-state index in [1.165, 1.54) is 24.8 Å². The summed E-state index contributed by atoms with van der Waals surface area (Å²) in [5.74, 6) is 3.54. The van der Waals surface area contributed by atoms with E-state index in [0.717, 1.165) is 36.4 Å². The summed E-state index contributed by atoms with van der Waals surface area (Å²) in [6, 6.07) is 2.13. The first kappa shape index (κ1) is 15.6. The molecule has 0 radical (unpaired) electrons. The van der Waals surface area contributed by atoms with E-state index in [2.05, 4.69) is 32.2 Å². The van der Waals surface area contributed by atoms with E-state index in [1.807, 2.05) is 6.92 Å². The van der Waals surface area contributed by atoms with Crippen molar-refractivity contribution in [3.63, 3.8) is 0 Å². The molecular weight excluding hydrogens is 250 g/mol. The highest BCUT2D eigenvalue weighted by molar-refractivity contribution is 5.20. The standard InChI is InChI=1S/C17H29NO2/c1-5-18-10-15-9-17(20-14(15)4)11-19-16-7-12(2)6-13(3)8-16/h9,12-13,16,18H,5-8,10-11H2,1-4H3. The van der Waals surface area contributed by atoms with Gasteiger partial charge in [-0.05, 0) is 50.6 Å². The molecule has 0 aromatic carbocycles. The highest BCUT2D eigenvalue weighted by Crippen LogP contribution is 2.31. The lowest BCUT2D eigenvalue weighted by molar-refractivity contribution is -0.0158. The van der Waals surface area contributed by atoms with E-state index in [0.29, 0.717) is 12.7 Å². The van der Waals surface area contributed by atoms with Crippen LogP contribution < -0.4 is 5.32 Å². The number of rotatable bonds is 6. The Kier molecular flexibility index (Phi) is 5.67. The van der Waals surface area contributed by atoms with Crippen LogP contribution >= 0.6 is 0 Å². The Balaban J connectivity index is 1.84. The summed E-state index contributed by atoms with van der Waals surface area (Å²) in [7, 11) is 0. The third-order valence-electron chi connectivity index (χ3n) is 4.23. The maximum absolute atomic E-state index is 6.07. The molecule has 114 valence electrons. The van der Waals surface area contributed by atoms with Crippen LogP contribution in [0, 0.1) is 18.8 Å². The van der Waals surface area contributed by atoms with E-state index in [-0.39, 0.29) is 0 Å². The van der Waals surface area contributed by atoms with Crippen molar-refractivity contribution in [1.29, 1.82) is 0 Å². The lowest BCUT2D eigenvalue weighted by Crippen LogP contribution is -2.26. The Morgan fingerprint density at radius 2 is 1.95 bits per heavy atom. The van der Waals surface area contributed by atoms with Gasteiger partial charge in [-0.1, -0.05) is 20.8 Å². The van der Waals surface area contributed by atoms with Crippen LogP contribution in [0.3, 0.4) is 0 Å². The van der Waals surface area contributed by atoms with Crippen molar-refractivity contribution < 1.29 is 9.15 Å². The second kappa shape index (κ2) is 7.28. The molecule has 0 spiro atoms. The second-order valence-corrected chi connectivity index (χ2v) is 6.42. The molecule has 3 nitrogen and oxygen atoms in total. The summed E-state index contributed by atoms with van der Waals surface area (Å²) < 4.78 is 11.9. The largest absolute Gasteiger partial charge is 0.464 e. The van der Waals surface area contributed by atoms with Gasteiger partial charge in [-0.15, -0.1) is 0 Å². The minimum absolute atomic E-state index is 0.399. The fourth-order valence-corrected chi connectivity index (χ4v) is 3.30. The maximum atomic E-state index is 6.07. The van der Waals surface area contributed by atoms with Gasteiger partial charge >= 0.3 is 0 Å². The number of furan rings is 1. The van der Waals surface area contributed by atoms with E-state index >= 15 is 0 Å². The molecular formula is C17H29NO2. The predicted octanol–water partition coefficient (Wildman–Crippen LogP) is 4.04. The Hall–Kier alpha value is -0.800. The molecule has 0 saturated heterocycles. The van der Waals surface area contributed by atoms with E-state index < -0.39 is 0 Å². The van der Waals surface area contributed by atoms with Gasteiger partial charge < -0.3 is 14.5 Å². The molecule has 1 aliphatic rings. The van der Waals surface area contributed by atoms with Gasteiger partial charge in [-0.3, -0.25) is 0 Å². The fraction of sp³-hybridized carbons (Fsp3) is 0.765. The minimum atomic E-state index is 0.399. The summed E-state index contributed by atoms with van der Waals surface area (Å²) in [5.41, 5.74) is 1.25. The van der Waals surface area contributed by atoms with E-state index in [9.17, 15) is 0 Å². The average Bonchev–Trinajstić information content (AvgIpc) is 2.73. The van der Waals surface area contributed by atoms with Gasteiger partial charge in [-0.2, -0.15) is 0 Å². The van der Waals surface area contributed by atoms with Crippen LogP contribution in [0.4, 0.5) is 0 Å². The lowest BCUT2D eigenvalue weighted by atomic mass is 9.82. The Bertz CT molecular complexity index is 403. The van der Waals surface area contributed by atoms with Crippen LogP contribution in [-0.2, 0) is 17.9 Å². The minimum Gasteiger partial charge on any atom is -0.464 e. The molecule has 1 aromatic rings. The summed E-state index contributed by atoms with van der Waals surface area (Å²) in [6.45, 7) is 11.3. The number of nitrogens with one attached hydrogen (secondary N) is 1. The zero-order valence-corrected chi connectivity index (χ0v) is 13.4. The molecule has 1 fully saturated rings. The van der Waals surface area contributed by atoms with Gasteiger partial charge in [0, 0.05) is 12.1 Å². The van der Waals surface area contributed by atoms with E-state index in [1.54, 1.807) is 0 Å². The number of aryl methyl sites for hydroxylation is 1. The van der Waals surface area contributed by atoms with Crippen molar-refractivity contribution in [2.75, 3.05) is 6.54 Å². The molecule has 1 aromatic heterocycles. The predicted molar refractivity (Wildman–Crippen MR) is 81.6 cm³/mol. The quantitative estimate of drug-likeness (QED) is 0.853. The molecule has 0 amide bonds.